The van der Waals surface area contributed by atoms with Gasteiger partial charge in [0.1, 0.15) is 5.75 Å². The molecule has 0 amide bonds. The van der Waals surface area contributed by atoms with E-state index < -0.39 is 0 Å². The van der Waals surface area contributed by atoms with Crippen molar-refractivity contribution in [2.75, 3.05) is 25.5 Å². The predicted octanol–water partition coefficient (Wildman–Crippen LogP) is 4.51. The molecule has 1 aromatic rings. The van der Waals surface area contributed by atoms with Gasteiger partial charge in [0.25, 0.3) is 0 Å². The van der Waals surface area contributed by atoms with Crippen LogP contribution in [0.4, 0.5) is 5.69 Å². The van der Waals surface area contributed by atoms with Gasteiger partial charge < -0.3 is 20.7 Å². The molecule has 0 heterocycles. The number of nitrogens with one attached hydrogen (secondary N) is 1. The number of guanidine groups is 1. The lowest BCUT2D eigenvalue weighted by atomic mass is 9.91. The molecule has 1 aromatic carbocycles. The number of hydrogen-bond acceptors (Lipinski definition) is 3. The predicted molar refractivity (Wildman–Crippen MR) is 114 cm³/mol. The highest BCUT2D eigenvalue weighted by Crippen LogP contribution is 2.32. The SMILES string of the molecule is CCCN(CC1CC1)C(=N[C@H]1CCCC[C@@H]1N)Nc1cc(Cl)ccc1OC. The molecule has 3 rings (SSSR count). The molecule has 27 heavy (non-hydrogen) atoms. The molecule has 150 valence electrons. The third-order valence-electron chi connectivity index (χ3n) is 5.45. The summed E-state index contributed by atoms with van der Waals surface area (Å²) in [5.41, 5.74) is 7.24. The van der Waals surface area contributed by atoms with Gasteiger partial charge in [-0.2, -0.15) is 0 Å². The van der Waals surface area contributed by atoms with Gasteiger partial charge in [-0.3, -0.25) is 0 Å². The largest absolute Gasteiger partial charge is 0.495 e. The Labute approximate surface area is 168 Å². The first-order chi connectivity index (χ1) is 13.1. The number of nitrogens with zero attached hydrogens (tertiary/aromatic N) is 2. The lowest BCUT2D eigenvalue weighted by Gasteiger charge is -2.31. The maximum atomic E-state index is 6.39. The van der Waals surface area contributed by atoms with E-state index in [2.05, 4.69) is 17.1 Å². The fraction of sp³-hybridized carbons (Fsp3) is 0.667. The van der Waals surface area contributed by atoms with Crippen LogP contribution in [-0.4, -0.2) is 43.1 Å². The van der Waals surface area contributed by atoms with Crippen LogP contribution in [-0.2, 0) is 0 Å². The van der Waals surface area contributed by atoms with Gasteiger partial charge in [0.15, 0.2) is 5.96 Å². The highest BCUT2D eigenvalue weighted by atomic mass is 35.5. The summed E-state index contributed by atoms with van der Waals surface area (Å²) < 4.78 is 5.53. The topological polar surface area (TPSA) is 62.9 Å². The van der Waals surface area contributed by atoms with Crippen molar-refractivity contribution in [1.29, 1.82) is 0 Å². The zero-order valence-electron chi connectivity index (χ0n) is 16.6. The molecule has 2 saturated carbocycles. The standard InChI is InChI=1S/C21H33ClN4O/c1-3-12-26(14-15-8-9-15)21(24-18-7-5-4-6-17(18)23)25-19-13-16(22)10-11-20(19)27-2/h10-11,13,15,17-18H,3-9,12,14,23H2,1-2H3,(H,24,25)/t17-,18-/m0/s1. The van der Waals surface area contributed by atoms with E-state index in [9.17, 15) is 0 Å². The van der Waals surface area contributed by atoms with E-state index in [-0.39, 0.29) is 12.1 Å². The molecule has 2 aliphatic carbocycles. The molecule has 0 unspecified atom stereocenters. The second kappa shape index (κ2) is 9.65. The van der Waals surface area contributed by atoms with Gasteiger partial charge in [-0.25, -0.2) is 4.99 Å². The average Bonchev–Trinajstić information content (AvgIpc) is 3.47. The van der Waals surface area contributed by atoms with Crippen LogP contribution in [0.1, 0.15) is 51.9 Å². The number of halogens is 1. The van der Waals surface area contributed by atoms with Gasteiger partial charge in [0, 0.05) is 24.2 Å². The van der Waals surface area contributed by atoms with E-state index in [1.54, 1.807) is 7.11 Å². The normalized spacial score (nSPS) is 23.2. The molecule has 2 aliphatic rings. The summed E-state index contributed by atoms with van der Waals surface area (Å²) in [5.74, 6) is 2.46. The molecular formula is C21H33ClN4O. The summed E-state index contributed by atoms with van der Waals surface area (Å²) in [5, 5.41) is 4.21. The Kier molecular flexibility index (Phi) is 7.25. The molecule has 2 atom stereocenters. The monoisotopic (exact) mass is 392 g/mol. The Bertz CT molecular complexity index is 647. The van der Waals surface area contributed by atoms with Crippen LogP contribution in [0.15, 0.2) is 23.2 Å². The number of ether oxygens (including phenoxy) is 1. The minimum absolute atomic E-state index is 0.140. The number of rotatable bonds is 7. The van der Waals surface area contributed by atoms with Crippen molar-refractivity contribution >= 4 is 23.2 Å². The number of nitrogens with two attached hydrogens (primary N) is 1. The molecule has 0 aliphatic heterocycles. The molecule has 0 radical (unpaired) electrons. The van der Waals surface area contributed by atoms with Gasteiger partial charge in [0.05, 0.1) is 18.8 Å². The first-order valence-electron chi connectivity index (χ1n) is 10.3. The highest BCUT2D eigenvalue weighted by molar-refractivity contribution is 6.31. The number of aliphatic imine (C=N–C) groups is 1. The van der Waals surface area contributed by atoms with Crippen LogP contribution in [0.2, 0.25) is 5.02 Å². The first kappa shape index (κ1) is 20.3. The van der Waals surface area contributed by atoms with Crippen LogP contribution in [0.3, 0.4) is 0 Å². The van der Waals surface area contributed by atoms with Crippen LogP contribution in [0, 0.1) is 5.92 Å². The summed E-state index contributed by atoms with van der Waals surface area (Å²) in [7, 11) is 1.68. The third-order valence-corrected chi connectivity index (χ3v) is 5.68. The summed E-state index contributed by atoms with van der Waals surface area (Å²) in [6.45, 7) is 4.24. The maximum absolute atomic E-state index is 6.39. The number of anilines is 1. The average molecular weight is 393 g/mol. The molecule has 5 nitrogen and oxygen atoms in total. The van der Waals surface area contributed by atoms with Crippen molar-refractivity contribution in [2.45, 2.75) is 64.0 Å². The highest BCUT2D eigenvalue weighted by Gasteiger charge is 2.28. The molecule has 0 bridgehead atoms. The Morgan fingerprint density at radius 3 is 2.74 bits per heavy atom. The van der Waals surface area contributed by atoms with Gasteiger partial charge in [-0.15, -0.1) is 0 Å². The first-order valence-corrected chi connectivity index (χ1v) is 10.7. The number of benzene rings is 1. The van der Waals surface area contributed by atoms with Crippen LogP contribution >= 0.6 is 11.6 Å². The van der Waals surface area contributed by atoms with E-state index in [1.807, 2.05) is 18.2 Å². The zero-order valence-corrected chi connectivity index (χ0v) is 17.3. The van der Waals surface area contributed by atoms with Crippen molar-refractivity contribution < 1.29 is 4.74 Å². The Morgan fingerprint density at radius 1 is 1.30 bits per heavy atom. The fourth-order valence-electron chi connectivity index (χ4n) is 3.71. The molecular weight excluding hydrogens is 360 g/mol. The Balaban J connectivity index is 1.89. The van der Waals surface area contributed by atoms with Crippen LogP contribution in [0.5, 0.6) is 5.75 Å². The quantitative estimate of drug-likeness (QED) is 0.529. The number of methoxy groups -OCH3 is 1. The minimum atomic E-state index is 0.140. The lowest BCUT2D eigenvalue weighted by Crippen LogP contribution is -2.43. The second-order valence-electron chi connectivity index (χ2n) is 7.83. The van der Waals surface area contributed by atoms with Gasteiger partial charge >= 0.3 is 0 Å². The number of hydrogen-bond donors (Lipinski definition) is 2. The smallest absolute Gasteiger partial charge is 0.198 e. The molecule has 3 N–H and O–H groups in total. The summed E-state index contributed by atoms with van der Waals surface area (Å²) in [4.78, 5) is 7.51. The third kappa shape index (κ3) is 5.76. The molecule has 2 fully saturated rings. The van der Waals surface area contributed by atoms with E-state index in [0.29, 0.717) is 5.02 Å². The van der Waals surface area contributed by atoms with E-state index in [0.717, 1.165) is 55.7 Å². The Hall–Kier alpha value is -1.46. The fourth-order valence-corrected chi connectivity index (χ4v) is 3.89. The van der Waals surface area contributed by atoms with Crippen molar-refractivity contribution in [1.82, 2.24) is 4.90 Å². The molecule has 0 saturated heterocycles. The minimum Gasteiger partial charge on any atom is -0.495 e. The summed E-state index contributed by atoms with van der Waals surface area (Å²) in [6.07, 6.45) is 8.23. The van der Waals surface area contributed by atoms with Crippen molar-refractivity contribution in [2.24, 2.45) is 16.6 Å². The van der Waals surface area contributed by atoms with Crippen molar-refractivity contribution in [3.8, 4) is 5.75 Å². The molecule has 0 aromatic heterocycles. The zero-order chi connectivity index (χ0) is 19.2. The summed E-state index contributed by atoms with van der Waals surface area (Å²) >= 11 is 6.24. The van der Waals surface area contributed by atoms with Crippen molar-refractivity contribution in [3.63, 3.8) is 0 Å². The summed E-state index contributed by atoms with van der Waals surface area (Å²) in [6, 6.07) is 5.94. The van der Waals surface area contributed by atoms with E-state index in [1.165, 1.54) is 25.7 Å². The van der Waals surface area contributed by atoms with E-state index >= 15 is 0 Å². The second-order valence-corrected chi connectivity index (χ2v) is 8.26. The lowest BCUT2D eigenvalue weighted by molar-refractivity contribution is 0.365. The molecule has 0 spiro atoms. The molecule has 6 heteroatoms. The van der Waals surface area contributed by atoms with Gasteiger partial charge in [-0.1, -0.05) is 31.4 Å². The van der Waals surface area contributed by atoms with Gasteiger partial charge in [-0.05, 0) is 56.2 Å². The van der Waals surface area contributed by atoms with E-state index in [4.69, 9.17) is 27.1 Å². The van der Waals surface area contributed by atoms with Crippen LogP contribution in [0.25, 0.3) is 0 Å². The maximum Gasteiger partial charge on any atom is 0.198 e. The van der Waals surface area contributed by atoms with Crippen molar-refractivity contribution in [3.05, 3.63) is 23.2 Å². The van der Waals surface area contributed by atoms with Gasteiger partial charge in [0.2, 0.25) is 0 Å². The Morgan fingerprint density at radius 2 is 2.07 bits per heavy atom. The van der Waals surface area contributed by atoms with Crippen LogP contribution < -0.4 is 15.8 Å².